The highest BCUT2D eigenvalue weighted by molar-refractivity contribution is 5.74. The molecule has 0 aromatic carbocycles. The number of aromatic nitrogens is 4. The maximum atomic E-state index is 9.28. The average molecular weight is 192 g/mol. The van der Waals surface area contributed by atoms with Gasteiger partial charge in [0.25, 0.3) is 0 Å². The van der Waals surface area contributed by atoms with E-state index in [0.29, 0.717) is 16.0 Å². The van der Waals surface area contributed by atoms with Crippen molar-refractivity contribution in [2.24, 2.45) is 0 Å². The van der Waals surface area contributed by atoms with E-state index in [-0.39, 0.29) is 5.41 Å². The lowest BCUT2D eigenvalue weighted by molar-refractivity contribution is 0.153. The van der Waals surface area contributed by atoms with Crippen molar-refractivity contribution in [2.45, 2.75) is 26.2 Å². The summed E-state index contributed by atoms with van der Waals surface area (Å²) in [7, 11) is 0. The molecule has 0 unspecified atom stereocenters. The molecule has 14 heavy (non-hydrogen) atoms. The van der Waals surface area contributed by atoms with Crippen molar-refractivity contribution < 1.29 is 5.21 Å². The molecule has 2 rings (SSSR count). The van der Waals surface area contributed by atoms with Gasteiger partial charge in [0, 0.05) is 6.20 Å². The number of rotatable bonds is 0. The van der Waals surface area contributed by atoms with Crippen LogP contribution < -0.4 is 0 Å². The Labute approximate surface area is 81.3 Å². The summed E-state index contributed by atoms with van der Waals surface area (Å²) in [4.78, 5) is 4.70. The Hall–Kier alpha value is -1.65. The molecule has 5 nitrogen and oxygen atoms in total. The van der Waals surface area contributed by atoms with Gasteiger partial charge >= 0.3 is 0 Å². The standard InChI is InChI=1S/C9H12N4O/c1-9(2,3)6-4-5-10-8-7(6)11-12-13(8)14/h4-5,14H,1-3H3. The van der Waals surface area contributed by atoms with Crippen LogP contribution in [0.3, 0.4) is 0 Å². The van der Waals surface area contributed by atoms with Gasteiger partial charge in [-0.15, -0.1) is 5.10 Å². The maximum Gasteiger partial charge on any atom is 0.219 e. The Balaban J connectivity index is 2.79. The Morgan fingerprint density at radius 1 is 1.36 bits per heavy atom. The van der Waals surface area contributed by atoms with Gasteiger partial charge in [-0.05, 0) is 22.3 Å². The van der Waals surface area contributed by atoms with Crippen LogP contribution in [-0.4, -0.2) is 25.3 Å². The summed E-state index contributed by atoms with van der Waals surface area (Å²) in [6.45, 7) is 6.24. The number of nitrogens with zero attached hydrogens (tertiary/aromatic N) is 4. The van der Waals surface area contributed by atoms with Gasteiger partial charge in [0.2, 0.25) is 5.65 Å². The van der Waals surface area contributed by atoms with Crippen LogP contribution in [0.1, 0.15) is 26.3 Å². The molecule has 0 saturated heterocycles. The molecule has 0 amide bonds. The molecule has 2 aromatic heterocycles. The SMILES string of the molecule is CC(C)(C)c1ccnc2c1nnn2O. The van der Waals surface area contributed by atoms with Crippen molar-refractivity contribution in [2.75, 3.05) is 0 Å². The van der Waals surface area contributed by atoms with Crippen LogP contribution in [0.15, 0.2) is 12.3 Å². The average Bonchev–Trinajstić information content (AvgIpc) is 2.46. The van der Waals surface area contributed by atoms with Crippen LogP contribution in [-0.2, 0) is 5.41 Å². The minimum Gasteiger partial charge on any atom is -0.409 e. The van der Waals surface area contributed by atoms with Gasteiger partial charge in [-0.3, -0.25) is 0 Å². The summed E-state index contributed by atoms with van der Waals surface area (Å²) >= 11 is 0. The summed E-state index contributed by atoms with van der Waals surface area (Å²) in [5.41, 5.74) is 2.06. The van der Waals surface area contributed by atoms with Crippen LogP contribution in [0.5, 0.6) is 0 Å². The highest BCUT2D eigenvalue weighted by Gasteiger charge is 2.20. The molecule has 0 radical (unpaired) electrons. The quantitative estimate of drug-likeness (QED) is 0.640. The van der Waals surface area contributed by atoms with E-state index in [4.69, 9.17) is 0 Å². The fraction of sp³-hybridized carbons (Fsp3) is 0.444. The summed E-state index contributed by atoms with van der Waals surface area (Å²) < 4.78 is 0. The van der Waals surface area contributed by atoms with Crippen LogP contribution in [0.4, 0.5) is 0 Å². The molecule has 2 aromatic rings. The highest BCUT2D eigenvalue weighted by Crippen LogP contribution is 2.26. The highest BCUT2D eigenvalue weighted by atomic mass is 16.5. The Morgan fingerprint density at radius 2 is 2.07 bits per heavy atom. The topological polar surface area (TPSA) is 63.8 Å². The minimum absolute atomic E-state index is 0.0305. The van der Waals surface area contributed by atoms with E-state index in [2.05, 4.69) is 36.1 Å². The largest absolute Gasteiger partial charge is 0.409 e. The van der Waals surface area contributed by atoms with Crippen molar-refractivity contribution in [3.05, 3.63) is 17.8 Å². The second-order valence-electron chi connectivity index (χ2n) is 4.26. The van der Waals surface area contributed by atoms with Gasteiger partial charge in [0.1, 0.15) is 5.52 Å². The molecule has 2 heterocycles. The molecule has 0 saturated carbocycles. The summed E-state index contributed by atoms with van der Waals surface area (Å²) in [5.74, 6) is 0. The monoisotopic (exact) mass is 192 g/mol. The Bertz CT molecular complexity index is 469. The van der Waals surface area contributed by atoms with Gasteiger partial charge in [-0.2, -0.15) is 0 Å². The molecular formula is C9H12N4O. The van der Waals surface area contributed by atoms with E-state index in [1.165, 1.54) is 0 Å². The van der Waals surface area contributed by atoms with Gasteiger partial charge in [-0.25, -0.2) is 4.98 Å². The van der Waals surface area contributed by atoms with Crippen LogP contribution in [0, 0.1) is 0 Å². The third-order valence-electron chi connectivity index (χ3n) is 2.13. The van der Waals surface area contributed by atoms with Crippen molar-refractivity contribution in [1.82, 2.24) is 20.1 Å². The first kappa shape index (κ1) is 8.93. The molecule has 0 bridgehead atoms. The zero-order chi connectivity index (χ0) is 10.3. The Kier molecular flexibility index (Phi) is 1.70. The predicted molar refractivity (Wildman–Crippen MR) is 51.2 cm³/mol. The molecule has 1 N–H and O–H groups in total. The first-order chi connectivity index (χ1) is 6.50. The number of hydrogen-bond acceptors (Lipinski definition) is 4. The van der Waals surface area contributed by atoms with Crippen molar-refractivity contribution in [1.29, 1.82) is 0 Å². The Morgan fingerprint density at radius 3 is 2.71 bits per heavy atom. The maximum absolute atomic E-state index is 9.28. The van der Waals surface area contributed by atoms with Gasteiger partial charge < -0.3 is 5.21 Å². The van der Waals surface area contributed by atoms with Gasteiger partial charge in [-0.1, -0.05) is 25.6 Å². The van der Waals surface area contributed by atoms with E-state index in [9.17, 15) is 5.21 Å². The molecule has 0 aliphatic carbocycles. The molecule has 74 valence electrons. The normalized spacial score (nSPS) is 12.2. The molecule has 0 aliphatic heterocycles. The number of fused-ring (bicyclic) bond motifs is 1. The van der Waals surface area contributed by atoms with E-state index >= 15 is 0 Å². The summed E-state index contributed by atoms with van der Waals surface area (Å²) in [6.07, 6.45) is 1.65. The van der Waals surface area contributed by atoms with E-state index in [1.807, 2.05) is 6.07 Å². The molecule has 0 aliphatic rings. The van der Waals surface area contributed by atoms with E-state index in [1.54, 1.807) is 6.20 Å². The second kappa shape index (κ2) is 2.67. The molecule has 0 spiro atoms. The lowest BCUT2D eigenvalue weighted by atomic mass is 9.87. The van der Waals surface area contributed by atoms with E-state index in [0.717, 1.165) is 5.56 Å². The lowest BCUT2D eigenvalue weighted by Gasteiger charge is -2.18. The van der Waals surface area contributed by atoms with Crippen LogP contribution in [0.2, 0.25) is 0 Å². The smallest absolute Gasteiger partial charge is 0.219 e. The molecule has 0 atom stereocenters. The molecular weight excluding hydrogens is 180 g/mol. The zero-order valence-electron chi connectivity index (χ0n) is 8.39. The first-order valence-electron chi connectivity index (χ1n) is 4.40. The number of pyridine rings is 1. The van der Waals surface area contributed by atoms with Crippen LogP contribution in [0.25, 0.3) is 11.2 Å². The number of hydrogen-bond donors (Lipinski definition) is 1. The van der Waals surface area contributed by atoms with Gasteiger partial charge in [0.05, 0.1) is 0 Å². The van der Waals surface area contributed by atoms with Gasteiger partial charge in [0.15, 0.2) is 0 Å². The lowest BCUT2D eigenvalue weighted by Crippen LogP contribution is -2.12. The van der Waals surface area contributed by atoms with E-state index < -0.39 is 0 Å². The third kappa shape index (κ3) is 1.21. The fourth-order valence-electron chi connectivity index (χ4n) is 1.42. The van der Waals surface area contributed by atoms with Crippen molar-refractivity contribution >= 4 is 11.2 Å². The first-order valence-corrected chi connectivity index (χ1v) is 4.40. The predicted octanol–water partition coefficient (Wildman–Crippen LogP) is 1.36. The van der Waals surface area contributed by atoms with Crippen molar-refractivity contribution in [3.8, 4) is 0 Å². The fourth-order valence-corrected chi connectivity index (χ4v) is 1.42. The molecule has 0 fully saturated rings. The minimum atomic E-state index is -0.0305. The summed E-state index contributed by atoms with van der Waals surface area (Å²) in [6, 6.07) is 1.90. The zero-order valence-corrected chi connectivity index (χ0v) is 8.39. The third-order valence-corrected chi connectivity index (χ3v) is 2.13. The second-order valence-corrected chi connectivity index (χ2v) is 4.26. The van der Waals surface area contributed by atoms with Crippen LogP contribution >= 0.6 is 0 Å². The summed E-state index contributed by atoms with van der Waals surface area (Å²) in [5, 5.41) is 16.7. The van der Waals surface area contributed by atoms with Crippen molar-refractivity contribution in [3.63, 3.8) is 0 Å². The molecule has 5 heteroatoms.